The first kappa shape index (κ1) is 13.5. The minimum absolute atomic E-state index is 0.0814. The summed E-state index contributed by atoms with van der Waals surface area (Å²) in [6, 6.07) is 4.11. The van der Waals surface area contributed by atoms with Crippen molar-refractivity contribution >= 4 is 0 Å². The number of rotatable bonds is 4. The summed E-state index contributed by atoms with van der Waals surface area (Å²) in [5.41, 5.74) is 7.64. The van der Waals surface area contributed by atoms with Crippen LogP contribution in [0.1, 0.15) is 31.9 Å². The minimum Gasteiger partial charge on any atom is -0.324 e. The van der Waals surface area contributed by atoms with E-state index < -0.39 is 0 Å². The molecule has 0 aromatic carbocycles. The molecule has 18 heavy (non-hydrogen) atoms. The molecule has 2 rings (SSSR count). The van der Waals surface area contributed by atoms with E-state index in [-0.39, 0.29) is 11.6 Å². The van der Waals surface area contributed by atoms with Crippen molar-refractivity contribution in [2.75, 3.05) is 26.2 Å². The fraction of sp³-hybridized carbons (Fsp3) is 0.643. The zero-order valence-electron chi connectivity index (χ0n) is 11.4. The molecule has 0 radical (unpaired) electrons. The number of nitrogens with zero attached hydrogens (tertiary/aromatic N) is 2. The van der Waals surface area contributed by atoms with Gasteiger partial charge in [-0.05, 0) is 38.0 Å². The Balaban J connectivity index is 1.98. The molecule has 1 fully saturated rings. The van der Waals surface area contributed by atoms with Gasteiger partial charge in [0.1, 0.15) is 0 Å². The van der Waals surface area contributed by atoms with E-state index in [9.17, 15) is 0 Å². The first-order chi connectivity index (χ1) is 8.59. The third-order valence-electron chi connectivity index (χ3n) is 3.83. The maximum absolute atomic E-state index is 6.32. The molecule has 4 nitrogen and oxygen atoms in total. The Labute approximate surface area is 110 Å². The molecule has 3 N–H and O–H groups in total. The molecule has 100 valence electrons. The van der Waals surface area contributed by atoms with Crippen molar-refractivity contribution in [3.8, 4) is 0 Å². The Morgan fingerprint density at radius 2 is 1.94 bits per heavy atom. The second-order valence-corrected chi connectivity index (χ2v) is 5.64. The lowest BCUT2D eigenvalue weighted by Gasteiger charge is -2.42. The highest BCUT2D eigenvalue weighted by atomic mass is 15.2. The minimum atomic E-state index is 0.0814. The van der Waals surface area contributed by atoms with Gasteiger partial charge in [-0.2, -0.15) is 0 Å². The summed E-state index contributed by atoms with van der Waals surface area (Å²) in [7, 11) is 0. The zero-order valence-corrected chi connectivity index (χ0v) is 11.4. The standard InChI is InChI=1S/C14H24N4/c1-14(2,18-9-7-17-8-10-18)11-13(15)12-3-5-16-6-4-12/h3-6,13,17H,7-11,15H2,1-2H3. The summed E-state index contributed by atoms with van der Waals surface area (Å²) in [4.78, 5) is 6.57. The Bertz CT molecular complexity index is 357. The lowest BCUT2D eigenvalue weighted by molar-refractivity contribution is 0.0893. The third-order valence-corrected chi connectivity index (χ3v) is 3.83. The molecule has 0 bridgehead atoms. The van der Waals surface area contributed by atoms with Crippen LogP contribution >= 0.6 is 0 Å². The van der Waals surface area contributed by atoms with Crippen LogP contribution in [0.2, 0.25) is 0 Å². The maximum Gasteiger partial charge on any atom is 0.0313 e. The van der Waals surface area contributed by atoms with Crippen LogP contribution in [-0.2, 0) is 0 Å². The Morgan fingerprint density at radius 1 is 1.33 bits per heavy atom. The van der Waals surface area contributed by atoms with E-state index in [1.807, 2.05) is 24.5 Å². The lowest BCUT2D eigenvalue weighted by Crippen LogP contribution is -2.54. The number of piperazine rings is 1. The van der Waals surface area contributed by atoms with Crippen molar-refractivity contribution in [2.45, 2.75) is 31.8 Å². The number of nitrogens with two attached hydrogens (primary N) is 1. The monoisotopic (exact) mass is 248 g/mol. The highest BCUT2D eigenvalue weighted by molar-refractivity contribution is 5.15. The highest BCUT2D eigenvalue weighted by Gasteiger charge is 2.29. The van der Waals surface area contributed by atoms with Gasteiger partial charge in [-0.1, -0.05) is 0 Å². The molecule has 4 heteroatoms. The van der Waals surface area contributed by atoms with E-state index in [0.29, 0.717) is 0 Å². The topological polar surface area (TPSA) is 54.2 Å². The average Bonchev–Trinajstić information content (AvgIpc) is 2.40. The van der Waals surface area contributed by atoms with Crippen LogP contribution in [0.5, 0.6) is 0 Å². The van der Waals surface area contributed by atoms with Gasteiger partial charge in [0.15, 0.2) is 0 Å². The SMILES string of the molecule is CC(C)(CC(N)c1ccncc1)N1CCNCC1. The van der Waals surface area contributed by atoms with Gasteiger partial charge in [-0.25, -0.2) is 0 Å². The molecular weight excluding hydrogens is 224 g/mol. The van der Waals surface area contributed by atoms with Crippen LogP contribution in [0.3, 0.4) is 0 Å². The first-order valence-corrected chi connectivity index (χ1v) is 6.71. The summed E-state index contributed by atoms with van der Waals surface area (Å²) in [6.07, 6.45) is 4.59. The van der Waals surface area contributed by atoms with Crippen LogP contribution in [0.25, 0.3) is 0 Å². The summed E-state index contributed by atoms with van der Waals surface area (Å²) < 4.78 is 0. The van der Waals surface area contributed by atoms with Crippen LogP contribution in [0.15, 0.2) is 24.5 Å². The molecule has 0 saturated carbocycles. The van der Waals surface area contributed by atoms with E-state index in [2.05, 4.69) is 29.0 Å². The smallest absolute Gasteiger partial charge is 0.0313 e. The predicted molar refractivity (Wildman–Crippen MR) is 74.3 cm³/mol. The molecule has 0 spiro atoms. The van der Waals surface area contributed by atoms with Crippen LogP contribution < -0.4 is 11.1 Å². The zero-order chi connectivity index (χ0) is 13.0. The summed E-state index contributed by atoms with van der Waals surface area (Å²) in [5.74, 6) is 0. The molecule has 0 amide bonds. The number of hydrogen-bond acceptors (Lipinski definition) is 4. The second kappa shape index (κ2) is 5.78. The normalized spacial score (nSPS) is 19.7. The molecule has 2 heterocycles. The quantitative estimate of drug-likeness (QED) is 0.839. The van der Waals surface area contributed by atoms with Crippen LogP contribution in [-0.4, -0.2) is 41.6 Å². The molecule has 0 aliphatic carbocycles. The summed E-state index contributed by atoms with van der Waals surface area (Å²) in [6.45, 7) is 8.95. The van der Waals surface area contributed by atoms with Crippen LogP contribution in [0.4, 0.5) is 0 Å². The third kappa shape index (κ3) is 3.28. The predicted octanol–water partition coefficient (Wildman–Crippen LogP) is 1.16. The van der Waals surface area contributed by atoms with Crippen molar-refractivity contribution in [1.29, 1.82) is 0 Å². The molecule has 1 aliphatic rings. The number of pyridine rings is 1. The largest absolute Gasteiger partial charge is 0.324 e. The molecule has 1 aromatic rings. The number of hydrogen-bond donors (Lipinski definition) is 2. The van der Waals surface area contributed by atoms with Gasteiger partial charge in [0.2, 0.25) is 0 Å². The van der Waals surface area contributed by atoms with Gasteiger partial charge >= 0.3 is 0 Å². The molecule has 1 aliphatic heterocycles. The summed E-state index contributed by atoms with van der Waals surface area (Å²) in [5, 5.41) is 3.39. The second-order valence-electron chi connectivity index (χ2n) is 5.64. The van der Waals surface area contributed by atoms with Crippen molar-refractivity contribution in [1.82, 2.24) is 15.2 Å². The summed E-state index contributed by atoms with van der Waals surface area (Å²) >= 11 is 0. The average molecular weight is 248 g/mol. The maximum atomic E-state index is 6.32. The molecule has 1 saturated heterocycles. The van der Waals surface area contributed by atoms with E-state index in [1.54, 1.807) is 0 Å². The highest BCUT2D eigenvalue weighted by Crippen LogP contribution is 2.26. The van der Waals surface area contributed by atoms with Crippen molar-refractivity contribution < 1.29 is 0 Å². The van der Waals surface area contributed by atoms with Crippen molar-refractivity contribution in [3.05, 3.63) is 30.1 Å². The fourth-order valence-corrected chi connectivity index (χ4v) is 2.67. The molecule has 1 unspecified atom stereocenters. The van der Waals surface area contributed by atoms with E-state index in [4.69, 9.17) is 5.73 Å². The lowest BCUT2D eigenvalue weighted by atomic mass is 9.90. The molecular formula is C14H24N4. The van der Waals surface area contributed by atoms with E-state index >= 15 is 0 Å². The Morgan fingerprint density at radius 3 is 2.56 bits per heavy atom. The van der Waals surface area contributed by atoms with Crippen LogP contribution in [0, 0.1) is 0 Å². The van der Waals surface area contributed by atoms with Gasteiger partial charge in [0.05, 0.1) is 0 Å². The fourth-order valence-electron chi connectivity index (χ4n) is 2.67. The molecule has 1 atom stereocenters. The Kier molecular flexibility index (Phi) is 4.32. The van der Waals surface area contributed by atoms with Gasteiger partial charge in [0.25, 0.3) is 0 Å². The van der Waals surface area contributed by atoms with E-state index in [1.165, 1.54) is 5.56 Å². The van der Waals surface area contributed by atoms with Crippen molar-refractivity contribution in [2.24, 2.45) is 5.73 Å². The number of aromatic nitrogens is 1. The van der Waals surface area contributed by atoms with Gasteiger partial charge < -0.3 is 11.1 Å². The number of nitrogens with one attached hydrogen (secondary N) is 1. The van der Waals surface area contributed by atoms with Gasteiger partial charge in [0, 0.05) is 50.2 Å². The van der Waals surface area contributed by atoms with E-state index in [0.717, 1.165) is 32.6 Å². The first-order valence-electron chi connectivity index (χ1n) is 6.71. The molecule has 1 aromatic heterocycles. The van der Waals surface area contributed by atoms with Gasteiger partial charge in [-0.3, -0.25) is 9.88 Å². The van der Waals surface area contributed by atoms with Crippen molar-refractivity contribution in [3.63, 3.8) is 0 Å². The van der Waals surface area contributed by atoms with Gasteiger partial charge in [-0.15, -0.1) is 0 Å². The Hall–Kier alpha value is -0.970.